The summed E-state index contributed by atoms with van der Waals surface area (Å²) < 4.78 is 36.9. The topological polar surface area (TPSA) is 55.4 Å². The maximum Gasteiger partial charge on any atom is 0.115 e. The van der Waals surface area contributed by atoms with Gasteiger partial charge < -0.3 is 28.4 Å². The first-order valence-corrected chi connectivity index (χ1v) is 12.3. The molecule has 0 saturated heterocycles. The van der Waals surface area contributed by atoms with E-state index in [0.29, 0.717) is 52.9 Å². The van der Waals surface area contributed by atoms with E-state index in [9.17, 15) is 0 Å². The predicted octanol–water partition coefficient (Wildman–Crippen LogP) is 5.02. The third-order valence-electron chi connectivity index (χ3n) is 4.42. The molecule has 6 heteroatoms. The second-order valence-corrected chi connectivity index (χ2v) is 7.64. The van der Waals surface area contributed by atoms with Gasteiger partial charge in [0.2, 0.25) is 0 Å². The Kier molecular flexibility index (Phi) is 21.8. The third-order valence-corrected chi connectivity index (χ3v) is 4.42. The van der Waals surface area contributed by atoms with E-state index in [1.807, 2.05) is 0 Å². The van der Waals surface area contributed by atoms with E-state index < -0.39 is 0 Å². The fourth-order valence-electron chi connectivity index (χ4n) is 3.04. The molecule has 0 rings (SSSR count). The standard InChI is InChI=1S/C24H50O6/c1-7-13-25-19-21(27-15-9-3)23(29-17-11-5)24(30-18-12-6)22(28-16-10-4)20-26-14-8-2/h21-24H,7-20H2,1-6H3/t21-,22+,23-,24-/m1/s1. The smallest absolute Gasteiger partial charge is 0.115 e. The third kappa shape index (κ3) is 13.9. The molecule has 6 nitrogen and oxygen atoms in total. The summed E-state index contributed by atoms with van der Waals surface area (Å²) in [5, 5.41) is 0. The highest BCUT2D eigenvalue weighted by atomic mass is 16.6. The molecule has 0 aliphatic carbocycles. The maximum atomic E-state index is 6.34. The highest BCUT2D eigenvalue weighted by Crippen LogP contribution is 2.21. The minimum atomic E-state index is -0.271. The van der Waals surface area contributed by atoms with Crippen molar-refractivity contribution in [3.63, 3.8) is 0 Å². The number of ether oxygens (including phenoxy) is 6. The minimum Gasteiger partial charge on any atom is -0.379 e. The Balaban J connectivity index is 5.63. The van der Waals surface area contributed by atoms with Crippen molar-refractivity contribution < 1.29 is 28.4 Å². The van der Waals surface area contributed by atoms with Crippen molar-refractivity contribution in [2.24, 2.45) is 0 Å². The van der Waals surface area contributed by atoms with Gasteiger partial charge in [-0.2, -0.15) is 0 Å². The van der Waals surface area contributed by atoms with Gasteiger partial charge in [0.25, 0.3) is 0 Å². The molecular formula is C24H50O6. The molecule has 0 fully saturated rings. The van der Waals surface area contributed by atoms with Gasteiger partial charge in [0.1, 0.15) is 24.4 Å². The Bertz CT molecular complexity index is 310. The molecule has 4 atom stereocenters. The highest BCUT2D eigenvalue weighted by Gasteiger charge is 2.38. The molecule has 0 aromatic rings. The minimum absolute atomic E-state index is 0.205. The van der Waals surface area contributed by atoms with Gasteiger partial charge in [-0.1, -0.05) is 41.5 Å². The lowest BCUT2D eigenvalue weighted by Gasteiger charge is -2.37. The maximum absolute atomic E-state index is 6.34. The van der Waals surface area contributed by atoms with Crippen LogP contribution in [0, 0.1) is 0 Å². The van der Waals surface area contributed by atoms with Gasteiger partial charge in [-0.3, -0.25) is 0 Å². The van der Waals surface area contributed by atoms with Crippen LogP contribution in [0.1, 0.15) is 80.1 Å². The molecule has 0 aliphatic rings. The first-order valence-electron chi connectivity index (χ1n) is 12.3. The van der Waals surface area contributed by atoms with Gasteiger partial charge in [-0.25, -0.2) is 0 Å². The van der Waals surface area contributed by atoms with Crippen molar-refractivity contribution in [2.75, 3.05) is 52.9 Å². The fourth-order valence-corrected chi connectivity index (χ4v) is 3.04. The fraction of sp³-hybridized carbons (Fsp3) is 1.00. The molecular weight excluding hydrogens is 384 g/mol. The van der Waals surface area contributed by atoms with E-state index in [1.165, 1.54) is 0 Å². The first kappa shape index (κ1) is 29.8. The largest absolute Gasteiger partial charge is 0.379 e. The molecule has 0 bridgehead atoms. The van der Waals surface area contributed by atoms with Crippen molar-refractivity contribution >= 4 is 0 Å². The zero-order chi connectivity index (χ0) is 22.5. The van der Waals surface area contributed by atoms with E-state index in [1.54, 1.807) is 0 Å². The molecule has 0 aromatic carbocycles. The Hall–Kier alpha value is -0.240. The van der Waals surface area contributed by atoms with Crippen LogP contribution in [-0.4, -0.2) is 77.3 Å². The average molecular weight is 435 g/mol. The van der Waals surface area contributed by atoms with Crippen LogP contribution >= 0.6 is 0 Å². The van der Waals surface area contributed by atoms with Crippen molar-refractivity contribution in [3.8, 4) is 0 Å². The monoisotopic (exact) mass is 434 g/mol. The molecule has 0 heterocycles. The Morgan fingerprint density at radius 3 is 1.00 bits per heavy atom. The highest BCUT2D eigenvalue weighted by molar-refractivity contribution is 4.86. The van der Waals surface area contributed by atoms with E-state index in [4.69, 9.17) is 28.4 Å². The molecule has 0 aliphatic heterocycles. The molecule has 0 unspecified atom stereocenters. The van der Waals surface area contributed by atoms with Crippen LogP contribution in [0.15, 0.2) is 0 Å². The summed E-state index contributed by atoms with van der Waals surface area (Å²) in [5.74, 6) is 0. The number of hydrogen-bond donors (Lipinski definition) is 0. The quantitative estimate of drug-likeness (QED) is 0.210. The van der Waals surface area contributed by atoms with Gasteiger partial charge in [-0.15, -0.1) is 0 Å². The summed E-state index contributed by atoms with van der Waals surface area (Å²) in [5.41, 5.74) is 0. The predicted molar refractivity (Wildman–Crippen MR) is 122 cm³/mol. The second kappa shape index (κ2) is 22.0. The van der Waals surface area contributed by atoms with Crippen LogP contribution in [-0.2, 0) is 28.4 Å². The Labute approximate surface area is 186 Å². The normalized spacial score (nSPS) is 15.8. The van der Waals surface area contributed by atoms with Gasteiger partial charge in [0, 0.05) is 39.6 Å². The van der Waals surface area contributed by atoms with Crippen LogP contribution in [0.4, 0.5) is 0 Å². The molecule has 0 spiro atoms. The first-order chi connectivity index (χ1) is 14.7. The van der Waals surface area contributed by atoms with Gasteiger partial charge in [0.15, 0.2) is 0 Å². The summed E-state index contributed by atoms with van der Waals surface area (Å²) in [6.45, 7) is 17.7. The molecule has 0 amide bonds. The Morgan fingerprint density at radius 1 is 0.400 bits per heavy atom. The summed E-state index contributed by atoms with van der Waals surface area (Å²) >= 11 is 0. The number of rotatable bonds is 23. The van der Waals surface area contributed by atoms with Gasteiger partial charge in [0.05, 0.1) is 13.2 Å². The molecule has 0 saturated carbocycles. The zero-order valence-electron chi connectivity index (χ0n) is 20.7. The summed E-state index contributed by atoms with van der Waals surface area (Å²) in [4.78, 5) is 0. The van der Waals surface area contributed by atoms with Crippen LogP contribution in [0.2, 0.25) is 0 Å². The van der Waals surface area contributed by atoms with Gasteiger partial charge in [-0.05, 0) is 38.5 Å². The van der Waals surface area contributed by atoms with Crippen LogP contribution in [0.3, 0.4) is 0 Å². The van der Waals surface area contributed by atoms with Crippen LogP contribution < -0.4 is 0 Å². The summed E-state index contributed by atoms with van der Waals surface area (Å²) in [6, 6.07) is 0. The molecule has 182 valence electrons. The van der Waals surface area contributed by atoms with Crippen molar-refractivity contribution in [3.05, 3.63) is 0 Å². The molecule has 30 heavy (non-hydrogen) atoms. The average Bonchev–Trinajstić information content (AvgIpc) is 2.76. The number of hydrogen-bond acceptors (Lipinski definition) is 6. The van der Waals surface area contributed by atoms with Crippen molar-refractivity contribution in [2.45, 2.75) is 104 Å². The second-order valence-electron chi connectivity index (χ2n) is 7.64. The lowest BCUT2D eigenvalue weighted by atomic mass is 10.0. The van der Waals surface area contributed by atoms with Crippen molar-refractivity contribution in [1.82, 2.24) is 0 Å². The van der Waals surface area contributed by atoms with Crippen LogP contribution in [0.25, 0.3) is 0 Å². The lowest BCUT2D eigenvalue weighted by molar-refractivity contribution is -0.196. The van der Waals surface area contributed by atoms with E-state index in [0.717, 1.165) is 38.5 Å². The molecule has 0 N–H and O–H groups in total. The molecule has 0 radical (unpaired) electrons. The lowest BCUT2D eigenvalue weighted by Crippen LogP contribution is -2.52. The zero-order valence-corrected chi connectivity index (χ0v) is 20.7. The van der Waals surface area contributed by atoms with E-state index >= 15 is 0 Å². The van der Waals surface area contributed by atoms with Crippen molar-refractivity contribution in [1.29, 1.82) is 0 Å². The summed E-state index contributed by atoms with van der Waals surface area (Å²) in [6.07, 6.45) is 4.75. The molecule has 0 aromatic heterocycles. The summed E-state index contributed by atoms with van der Waals surface area (Å²) in [7, 11) is 0. The van der Waals surface area contributed by atoms with Crippen LogP contribution in [0.5, 0.6) is 0 Å². The Morgan fingerprint density at radius 2 is 0.700 bits per heavy atom. The van der Waals surface area contributed by atoms with Gasteiger partial charge >= 0.3 is 0 Å². The van der Waals surface area contributed by atoms with E-state index in [-0.39, 0.29) is 24.4 Å². The SMILES string of the molecule is CCCOC[C@H](OCCC)[C@@H](OCCC)[C@H](OCCC)[C@@H](COCCC)OCCC. The van der Waals surface area contributed by atoms with E-state index in [2.05, 4.69) is 41.5 Å².